The Kier molecular flexibility index (Phi) is 7.21. The fraction of sp³-hybridized carbons (Fsp3) is 0.667. The van der Waals surface area contributed by atoms with Crippen molar-refractivity contribution in [3.8, 4) is 11.5 Å². The molecule has 0 spiro atoms. The maximum atomic E-state index is 5.62. The standard InChI is InChI=1S/C21H33N3O3/c1-3-22-20(23-14-17-7-8-18-19(13-17)27-16-26-18)24-15-21(9-5-6-10-21)11-12-25-4-2/h7-8,13H,3-6,9-12,14-16H2,1-2H3,(H2,22,23,24). The van der Waals surface area contributed by atoms with E-state index >= 15 is 0 Å². The van der Waals surface area contributed by atoms with E-state index in [-0.39, 0.29) is 0 Å². The third-order valence-corrected chi connectivity index (χ3v) is 5.48. The molecule has 2 N–H and O–H groups in total. The van der Waals surface area contributed by atoms with Gasteiger partial charge in [0.05, 0.1) is 6.54 Å². The molecule has 0 atom stereocenters. The van der Waals surface area contributed by atoms with E-state index in [9.17, 15) is 0 Å². The quantitative estimate of drug-likeness (QED) is 0.393. The van der Waals surface area contributed by atoms with Crippen LogP contribution in [0.25, 0.3) is 0 Å². The first-order valence-electron chi connectivity index (χ1n) is 10.2. The van der Waals surface area contributed by atoms with Crippen molar-refractivity contribution >= 4 is 5.96 Å². The van der Waals surface area contributed by atoms with E-state index in [4.69, 9.17) is 19.2 Å². The molecule has 0 bridgehead atoms. The van der Waals surface area contributed by atoms with Crippen LogP contribution in [-0.4, -0.2) is 39.1 Å². The van der Waals surface area contributed by atoms with E-state index in [1.807, 2.05) is 18.2 Å². The van der Waals surface area contributed by atoms with Crippen LogP contribution >= 0.6 is 0 Å². The van der Waals surface area contributed by atoms with Crippen molar-refractivity contribution in [2.75, 3.05) is 33.1 Å². The Bertz CT molecular complexity index is 627. The second-order valence-corrected chi connectivity index (χ2v) is 7.39. The molecule has 3 rings (SSSR count). The molecule has 1 fully saturated rings. The third kappa shape index (κ3) is 5.51. The molecule has 0 aromatic heterocycles. The Morgan fingerprint density at radius 2 is 1.96 bits per heavy atom. The summed E-state index contributed by atoms with van der Waals surface area (Å²) in [6, 6.07) is 6.01. The zero-order chi connectivity index (χ0) is 19.0. The predicted octanol–water partition coefficient (Wildman–Crippen LogP) is 3.46. The van der Waals surface area contributed by atoms with Crippen molar-refractivity contribution in [2.24, 2.45) is 10.4 Å². The summed E-state index contributed by atoms with van der Waals surface area (Å²) < 4.78 is 16.4. The Morgan fingerprint density at radius 1 is 1.15 bits per heavy atom. The van der Waals surface area contributed by atoms with Crippen LogP contribution in [0.15, 0.2) is 23.2 Å². The number of hydrogen-bond acceptors (Lipinski definition) is 4. The predicted molar refractivity (Wildman–Crippen MR) is 107 cm³/mol. The fourth-order valence-corrected chi connectivity index (χ4v) is 3.90. The maximum absolute atomic E-state index is 5.62. The van der Waals surface area contributed by atoms with Crippen LogP contribution in [-0.2, 0) is 11.3 Å². The zero-order valence-electron chi connectivity index (χ0n) is 16.7. The number of hydrogen-bond donors (Lipinski definition) is 2. The lowest BCUT2D eigenvalue weighted by molar-refractivity contribution is 0.105. The van der Waals surface area contributed by atoms with E-state index < -0.39 is 0 Å². The molecule has 1 saturated carbocycles. The van der Waals surface area contributed by atoms with E-state index in [2.05, 4.69) is 24.5 Å². The largest absolute Gasteiger partial charge is 0.454 e. The first kappa shape index (κ1) is 19.8. The van der Waals surface area contributed by atoms with Crippen LogP contribution in [0.4, 0.5) is 0 Å². The van der Waals surface area contributed by atoms with Crippen LogP contribution in [0.2, 0.25) is 0 Å². The Hall–Kier alpha value is -1.95. The van der Waals surface area contributed by atoms with Gasteiger partial charge in [0.15, 0.2) is 17.5 Å². The first-order valence-corrected chi connectivity index (χ1v) is 10.2. The lowest BCUT2D eigenvalue weighted by Gasteiger charge is -2.30. The molecule has 1 heterocycles. The molecule has 0 amide bonds. The van der Waals surface area contributed by atoms with Gasteiger partial charge >= 0.3 is 0 Å². The highest BCUT2D eigenvalue weighted by molar-refractivity contribution is 5.79. The van der Waals surface area contributed by atoms with Crippen molar-refractivity contribution in [1.29, 1.82) is 0 Å². The van der Waals surface area contributed by atoms with Gasteiger partial charge in [-0.15, -0.1) is 0 Å². The van der Waals surface area contributed by atoms with Crippen molar-refractivity contribution < 1.29 is 14.2 Å². The van der Waals surface area contributed by atoms with Gasteiger partial charge in [-0.3, -0.25) is 0 Å². The number of fused-ring (bicyclic) bond motifs is 1. The van der Waals surface area contributed by atoms with Gasteiger partial charge in [-0.25, -0.2) is 4.99 Å². The number of ether oxygens (including phenoxy) is 3. The Labute approximate surface area is 162 Å². The molecule has 27 heavy (non-hydrogen) atoms. The van der Waals surface area contributed by atoms with Crippen molar-refractivity contribution in [3.05, 3.63) is 23.8 Å². The molecule has 0 saturated heterocycles. The summed E-state index contributed by atoms with van der Waals surface area (Å²) in [5.41, 5.74) is 1.45. The molecule has 6 nitrogen and oxygen atoms in total. The van der Waals surface area contributed by atoms with Crippen molar-refractivity contribution in [1.82, 2.24) is 10.6 Å². The summed E-state index contributed by atoms with van der Waals surface area (Å²) in [6.45, 7) is 8.51. The smallest absolute Gasteiger partial charge is 0.231 e. The van der Waals surface area contributed by atoms with Crippen LogP contribution in [0.3, 0.4) is 0 Å². The highest BCUT2D eigenvalue weighted by atomic mass is 16.7. The summed E-state index contributed by atoms with van der Waals surface area (Å²) in [5, 5.41) is 6.95. The monoisotopic (exact) mass is 375 g/mol. The van der Waals surface area contributed by atoms with Crippen LogP contribution in [0.1, 0.15) is 51.5 Å². The molecule has 6 heteroatoms. The van der Waals surface area contributed by atoms with Crippen LogP contribution in [0.5, 0.6) is 11.5 Å². The van der Waals surface area contributed by atoms with E-state index in [0.29, 0.717) is 18.8 Å². The zero-order valence-corrected chi connectivity index (χ0v) is 16.7. The highest BCUT2D eigenvalue weighted by Crippen LogP contribution is 2.40. The van der Waals surface area contributed by atoms with Gasteiger partial charge < -0.3 is 24.8 Å². The molecule has 0 unspecified atom stereocenters. The second-order valence-electron chi connectivity index (χ2n) is 7.39. The van der Waals surface area contributed by atoms with E-state index in [1.54, 1.807) is 0 Å². The van der Waals surface area contributed by atoms with Gasteiger partial charge in [0.25, 0.3) is 0 Å². The average molecular weight is 376 g/mol. The second kappa shape index (κ2) is 9.83. The summed E-state index contributed by atoms with van der Waals surface area (Å²) in [7, 11) is 0. The van der Waals surface area contributed by atoms with Gasteiger partial charge in [0, 0.05) is 26.3 Å². The van der Waals surface area contributed by atoms with E-state index in [1.165, 1.54) is 25.7 Å². The van der Waals surface area contributed by atoms with Crippen molar-refractivity contribution in [3.63, 3.8) is 0 Å². The number of aliphatic imine (C=N–C) groups is 1. The van der Waals surface area contributed by atoms with Gasteiger partial charge in [0.1, 0.15) is 0 Å². The van der Waals surface area contributed by atoms with Gasteiger partial charge in [0.2, 0.25) is 6.79 Å². The fourth-order valence-electron chi connectivity index (χ4n) is 3.90. The first-order chi connectivity index (χ1) is 13.2. The van der Waals surface area contributed by atoms with Crippen LogP contribution in [0, 0.1) is 5.41 Å². The molecule has 150 valence electrons. The number of guanidine groups is 1. The lowest BCUT2D eigenvalue weighted by atomic mass is 9.83. The maximum Gasteiger partial charge on any atom is 0.231 e. The Balaban J connectivity index is 1.58. The minimum Gasteiger partial charge on any atom is -0.454 e. The van der Waals surface area contributed by atoms with E-state index in [0.717, 1.165) is 55.7 Å². The lowest BCUT2D eigenvalue weighted by Crippen LogP contribution is -2.43. The minimum absolute atomic E-state index is 0.302. The summed E-state index contributed by atoms with van der Waals surface area (Å²) in [5.74, 6) is 2.49. The molecule has 1 aromatic rings. The highest BCUT2D eigenvalue weighted by Gasteiger charge is 2.33. The number of nitrogens with one attached hydrogen (secondary N) is 2. The molecule has 0 radical (unpaired) electrons. The molecule has 2 aliphatic rings. The summed E-state index contributed by atoms with van der Waals surface area (Å²) >= 11 is 0. The average Bonchev–Trinajstić information content (AvgIpc) is 3.33. The third-order valence-electron chi connectivity index (χ3n) is 5.48. The molecular weight excluding hydrogens is 342 g/mol. The van der Waals surface area contributed by atoms with Gasteiger partial charge in [-0.05, 0) is 56.2 Å². The summed E-state index contributed by atoms with van der Waals surface area (Å²) in [4.78, 5) is 4.76. The van der Waals surface area contributed by atoms with Gasteiger partial charge in [-0.2, -0.15) is 0 Å². The molecule has 1 aliphatic carbocycles. The normalized spacial score (nSPS) is 17.9. The SMILES string of the molecule is CCNC(=NCc1ccc2c(c1)OCO2)NCC1(CCOCC)CCCC1. The number of rotatable bonds is 9. The number of nitrogens with zero attached hydrogens (tertiary/aromatic N) is 1. The minimum atomic E-state index is 0.302. The molecule has 1 aliphatic heterocycles. The summed E-state index contributed by atoms with van der Waals surface area (Å²) in [6.07, 6.45) is 6.30. The molecule has 1 aromatic carbocycles. The number of benzene rings is 1. The van der Waals surface area contributed by atoms with Crippen LogP contribution < -0.4 is 20.1 Å². The Morgan fingerprint density at radius 3 is 2.74 bits per heavy atom. The molecular formula is C21H33N3O3. The van der Waals surface area contributed by atoms with Gasteiger partial charge in [-0.1, -0.05) is 18.9 Å². The topological polar surface area (TPSA) is 64.1 Å². The van der Waals surface area contributed by atoms with Crippen molar-refractivity contribution in [2.45, 2.75) is 52.5 Å².